The van der Waals surface area contributed by atoms with Crippen molar-refractivity contribution in [2.45, 2.75) is 0 Å². The van der Waals surface area contributed by atoms with Gasteiger partial charge in [-0.05, 0) is 65.0 Å². The third-order valence-electron chi connectivity index (χ3n) is 6.51. The van der Waals surface area contributed by atoms with Crippen molar-refractivity contribution in [3.8, 4) is 16.8 Å². The number of hydrogen-bond donors (Lipinski definition) is 0. The lowest BCUT2D eigenvalue weighted by Gasteiger charge is -2.08. The summed E-state index contributed by atoms with van der Waals surface area (Å²) in [6, 6.07) is 39.1. The Hall–Kier alpha value is -3.82. The lowest BCUT2D eigenvalue weighted by atomic mass is 9.94. The van der Waals surface area contributed by atoms with Gasteiger partial charge in [-0.2, -0.15) is 0 Å². The maximum Gasteiger partial charge on any atom is 0.113 e. The van der Waals surface area contributed by atoms with Gasteiger partial charge in [0, 0.05) is 31.2 Å². The highest BCUT2D eigenvalue weighted by Gasteiger charge is 2.13. The number of hydrogen-bond acceptors (Lipinski definition) is 1. The van der Waals surface area contributed by atoms with E-state index in [2.05, 4.69) is 108 Å². The van der Waals surface area contributed by atoms with Crippen molar-refractivity contribution in [1.82, 2.24) is 4.57 Å². The molecule has 0 aliphatic carbocycles. The number of para-hydroxylation sites is 2. The number of aromatic nitrogens is 1. The molecule has 0 spiro atoms. The molecular formula is C30H18BNS. The molecule has 5 aromatic carbocycles. The SMILES string of the molecule is [B]c1ccc2sc3ccc(-c4ccc5c(c4)c4ccccc4n5-c4ccccc4)cc3c2c1. The van der Waals surface area contributed by atoms with E-state index >= 15 is 0 Å². The van der Waals surface area contributed by atoms with Crippen molar-refractivity contribution in [1.29, 1.82) is 0 Å². The van der Waals surface area contributed by atoms with Crippen LogP contribution >= 0.6 is 11.3 Å². The second kappa shape index (κ2) is 7.09. The minimum atomic E-state index is 0.808. The molecule has 7 aromatic rings. The van der Waals surface area contributed by atoms with Crippen LogP contribution in [0.2, 0.25) is 0 Å². The van der Waals surface area contributed by atoms with Crippen molar-refractivity contribution in [2.24, 2.45) is 0 Å². The molecule has 0 aliphatic rings. The standard InChI is InChI=1S/C30H18BNS/c31-21-12-15-30-26(18-21)25-17-20(11-14-29(25)33-30)19-10-13-28-24(16-19)23-8-4-5-9-27(23)32(28)22-6-2-1-3-7-22/h1-18H. The molecule has 0 atom stereocenters. The van der Waals surface area contributed by atoms with Crippen LogP contribution in [0.1, 0.15) is 0 Å². The second-order valence-corrected chi connectivity index (χ2v) is 9.57. The molecule has 2 aromatic heterocycles. The first-order valence-electron chi connectivity index (χ1n) is 11.1. The van der Waals surface area contributed by atoms with Crippen molar-refractivity contribution >= 4 is 66.6 Å². The average molecular weight is 435 g/mol. The normalized spacial score (nSPS) is 11.8. The van der Waals surface area contributed by atoms with Crippen LogP contribution in [0.25, 0.3) is 58.8 Å². The number of benzene rings is 5. The van der Waals surface area contributed by atoms with E-state index in [0.717, 1.165) is 5.46 Å². The summed E-state index contributed by atoms with van der Waals surface area (Å²) < 4.78 is 4.92. The smallest absolute Gasteiger partial charge is 0.113 e. The summed E-state index contributed by atoms with van der Waals surface area (Å²) in [6.45, 7) is 0. The maximum absolute atomic E-state index is 6.09. The minimum Gasteiger partial charge on any atom is -0.309 e. The van der Waals surface area contributed by atoms with Crippen molar-refractivity contribution in [2.75, 3.05) is 0 Å². The third-order valence-corrected chi connectivity index (χ3v) is 7.67. The van der Waals surface area contributed by atoms with Gasteiger partial charge < -0.3 is 4.57 Å². The molecule has 0 saturated heterocycles. The summed E-state index contributed by atoms with van der Waals surface area (Å²) in [5.74, 6) is 0. The molecule has 2 heterocycles. The number of thiophene rings is 1. The van der Waals surface area contributed by atoms with Gasteiger partial charge in [0.05, 0.1) is 11.0 Å². The highest BCUT2D eigenvalue weighted by molar-refractivity contribution is 7.25. The summed E-state index contributed by atoms with van der Waals surface area (Å²) in [4.78, 5) is 0. The first-order valence-corrected chi connectivity index (χ1v) is 11.9. The molecule has 3 heteroatoms. The lowest BCUT2D eigenvalue weighted by Crippen LogP contribution is -1.98. The molecule has 1 nitrogen and oxygen atoms in total. The van der Waals surface area contributed by atoms with E-state index in [9.17, 15) is 0 Å². The molecular weight excluding hydrogens is 417 g/mol. The molecule has 33 heavy (non-hydrogen) atoms. The third kappa shape index (κ3) is 2.86. The van der Waals surface area contributed by atoms with Gasteiger partial charge in [-0.25, -0.2) is 0 Å². The second-order valence-electron chi connectivity index (χ2n) is 8.49. The fourth-order valence-corrected chi connectivity index (χ4v) is 6.05. The highest BCUT2D eigenvalue weighted by Crippen LogP contribution is 2.38. The van der Waals surface area contributed by atoms with Crippen LogP contribution in [-0.4, -0.2) is 12.4 Å². The Bertz CT molecular complexity index is 1830. The Morgan fingerprint density at radius 1 is 0.515 bits per heavy atom. The average Bonchev–Trinajstić information content (AvgIpc) is 3.39. The zero-order valence-electron chi connectivity index (χ0n) is 17.8. The Morgan fingerprint density at radius 3 is 2.00 bits per heavy atom. The maximum atomic E-state index is 6.09. The van der Waals surface area contributed by atoms with Crippen LogP contribution in [0, 0.1) is 0 Å². The monoisotopic (exact) mass is 435 g/mol. The fraction of sp³-hybridized carbons (Fsp3) is 0. The van der Waals surface area contributed by atoms with Crippen LogP contribution in [0.3, 0.4) is 0 Å². The first kappa shape index (κ1) is 18.7. The topological polar surface area (TPSA) is 4.93 Å². The lowest BCUT2D eigenvalue weighted by molar-refractivity contribution is 1.18. The number of rotatable bonds is 2. The molecule has 0 aliphatic heterocycles. The van der Waals surface area contributed by atoms with Gasteiger partial charge >= 0.3 is 0 Å². The molecule has 152 valence electrons. The quantitative estimate of drug-likeness (QED) is 0.246. The van der Waals surface area contributed by atoms with E-state index in [4.69, 9.17) is 7.85 Å². The Balaban J connectivity index is 1.48. The molecule has 7 rings (SSSR count). The van der Waals surface area contributed by atoms with Crippen LogP contribution in [-0.2, 0) is 0 Å². The highest BCUT2D eigenvalue weighted by atomic mass is 32.1. The predicted octanol–water partition coefficient (Wildman–Crippen LogP) is 7.61. The largest absolute Gasteiger partial charge is 0.309 e. The summed E-state index contributed by atoms with van der Waals surface area (Å²) in [7, 11) is 6.09. The van der Waals surface area contributed by atoms with Crippen molar-refractivity contribution in [3.63, 3.8) is 0 Å². The van der Waals surface area contributed by atoms with E-state index in [1.54, 1.807) is 0 Å². The predicted molar refractivity (Wildman–Crippen MR) is 144 cm³/mol. The summed E-state index contributed by atoms with van der Waals surface area (Å²) in [5, 5.41) is 5.05. The summed E-state index contributed by atoms with van der Waals surface area (Å²) >= 11 is 1.82. The zero-order valence-corrected chi connectivity index (χ0v) is 18.6. The minimum absolute atomic E-state index is 0.808. The van der Waals surface area contributed by atoms with Gasteiger partial charge in [0.2, 0.25) is 0 Å². The van der Waals surface area contributed by atoms with Crippen molar-refractivity contribution < 1.29 is 0 Å². The van der Waals surface area contributed by atoms with Gasteiger partial charge in [-0.1, -0.05) is 66.1 Å². The Morgan fingerprint density at radius 2 is 1.15 bits per heavy atom. The van der Waals surface area contributed by atoms with Crippen molar-refractivity contribution in [3.05, 3.63) is 109 Å². The molecule has 0 N–H and O–H groups in total. The molecule has 0 bridgehead atoms. The van der Waals surface area contributed by atoms with E-state index in [-0.39, 0.29) is 0 Å². The molecule has 0 fully saturated rings. The Kier molecular flexibility index (Phi) is 4.03. The van der Waals surface area contributed by atoms with Gasteiger partial charge in [0.1, 0.15) is 7.85 Å². The van der Waals surface area contributed by atoms with Gasteiger partial charge in [0.25, 0.3) is 0 Å². The molecule has 0 unspecified atom stereocenters. The number of nitrogens with zero attached hydrogens (tertiary/aromatic N) is 1. The van der Waals surface area contributed by atoms with Gasteiger partial charge in [-0.15, -0.1) is 11.3 Å². The fourth-order valence-electron chi connectivity index (χ4n) is 4.98. The van der Waals surface area contributed by atoms with Crippen LogP contribution in [0.15, 0.2) is 109 Å². The summed E-state index contributed by atoms with van der Waals surface area (Å²) in [5.41, 5.74) is 6.89. The Labute approximate surface area is 196 Å². The summed E-state index contributed by atoms with van der Waals surface area (Å²) in [6.07, 6.45) is 0. The van der Waals surface area contributed by atoms with Crippen LogP contribution in [0.5, 0.6) is 0 Å². The first-order chi connectivity index (χ1) is 16.3. The van der Waals surface area contributed by atoms with Crippen LogP contribution < -0.4 is 5.46 Å². The molecule has 2 radical (unpaired) electrons. The van der Waals surface area contributed by atoms with Crippen LogP contribution in [0.4, 0.5) is 0 Å². The van der Waals surface area contributed by atoms with E-state index in [1.807, 2.05) is 17.4 Å². The van der Waals surface area contributed by atoms with E-state index in [1.165, 1.54) is 58.8 Å². The van der Waals surface area contributed by atoms with E-state index < -0.39 is 0 Å². The zero-order chi connectivity index (χ0) is 21.9. The molecule has 0 saturated carbocycles. The van der Waals surface area contributed by atoms with Gasteiger partial charge in [0.15, 0.2) is 0 Å². The molecule has 0 amide bonds. The van der Waals surface area contributed by atoms with Gasteiger partial charge in [-0.3, -0.25) is 0 Å². The van der Waals surface area contributed by atoms with E-state index in [0.29, 0.717) is 0 Å². The number of fused-ring (bicyclic) bond motifs is 6.